The zero-order valence-electron chi connectivity index (χ0n) is 11.5. The van der Waals surface area contributed by atoms with Crippen molar-refractivity contribution >= 4 is 16.5 Å². The van der Waals surface area contributed by atoms with Crippen molar-refractivity contribution in [3.05, 3.63) is 42.0 Å². The highest BCUT2D eigenvalue weighted by atomic mass is 15.2. The molecule has 0 saturated carbocycles. The Bertz CT molecular complexity index is 665. The standard InChI is InChI=1S/C17H18N2/c1-17(2)10-5-11-19(17)16-9-8-13(12-18)14-6-3-4-7-15(14)16/h3-4,6-9H,5,10-11H2,1-2H3. The van der Waals surface area contributed by atoms with Crippen molar-refractivity contribution in [1.29, 1.82) is 5.26 Å². The Balaban J connectivity index is 2.24. The summed E-state index contributed by atoms with van der Waals surface area (Å²) in [5, 5.41) is 11.5. The third kappa shape index (κ3) is 1.86. The summed E-state index contributed by atoms with van der Waals surface area (Å²) < 4.78 is 0. The number of fused-ring (bicyclic) bond motifs is 1. The second-order valence-corrected chi connectivity index (χ2v) is 5.86. The molecule has 1 aliphatic rings. The molecule has 2 heteroatoms. The van der Waals surface area contributed by atoms with Gasteiger partial charge in [0.2, 0.25) is 0 Å². The van der Waals surface area contributed by atoms with E-state index in [-0.39, 0.29) is 5.54 Å². The maximum Gasteiger partial charge on any atom is 0.0998 e. The molecule has 0 unspecified atom stereocenters. The molecule has 2 aromatic carbocycles. The van der Waals surface area contributed by atoms with Gasteiger partial charge in [0.15, 0.2) is 0 Å². The van der Waals surface area contributed by atoms with E-state index in [4.69, 9.17) is 0 Å². The van der Waals surface area contributed by atoms with Gasteiger partial charge in [0.05, 0.1) is 11.6 Å². The zero-order valence-corrected chi connectivity index (χ0v) is 11.5. The topological polar surface area (TPSA) is 27.0 Å². The van der Waals surface area contributed by atoms with Gasteiger partial charge in [-0.15, -0.1) is 0 Å². The Hall–Kier alpha value is -2.01. The van der Waals surface area contributed by atoms with E-state index >= 15 is 0 Å². The van der Waals surface area contributed by atoms with Gasteiger partial charge >= 0.3 is 0 Å². The van der Waals surface area contributed by atoms with Crippen LogP contribution >= 0.6 is 0 Å². The lowest BCUT2D eigenvalue weighted by Crippen LogP contribution is -2.38. The average molecular weight is 250 g/mol. The molecular weight excluding hydrogens is 232 g/mol. The van der Waals surface area contributed by atoms with Crippen molar-refractivity contribution in [3.8, 4) is 6.07 Å². The predicted octanol–water partition coefficient (Wildman–Crippen LogP) is 4.09. The SMILES string of the molecule is CC1(C)CCCN1c1ccc(C#N)c2ccccc12. The third-order valence-corrected chi connectivity index (χ3v) is 4.21. The first-order valence-corrected chi connectivity index (χ1v) is 6.83. The van der Waals surface area contributed by atoms with E-state index in [1.807, 2.05) is 18.2 Å². The smallest absolute Gasteiger partial charge is 0.0998 e. The molecule has 0 amide bonds. The number of rotatable bonds is 1. The van der Waals surface area contributed by atoms with Gasteiger partial charge in [-0.25, -0.2) is 0 Å². The lowest BCUT2D eigenvalue weighted by atomic mass is 9.98. The molecule has 1 saturated heterocycles. The Labute approximate surface area is 114 Å². The summed E-state index contributed by atoms with van der Waals surface area (Å²) in [5.41, 5.74) is 2.23. The largest absolute Gasteiger partial charge is 0.366 e. The van der Waals surface area contributed by atoms with Gasteiger partial charge < -0.3 is 4.90 Å². The van der Waals surface area contributed by atoms with Crippen LogP contribution in [0.4, 0.5) is 5.69 Å². The van der Waals surface area contributed by atoms with Crippen LogP contribution in [0.15, 0.2) is 36.4 Å². The number of nitrogens with zero attached hydrogens (tertiary/aromatic N) is 2. The maximum atomic E-state index is 9.23. The highest BCUT2D eigenvalue weighted by Crippen LogP contribution is 2.38. The molecule has 96 valence electrons. The summed E-state index contributed by atoms with van der Waals surface area (Å²) in [6, 6.07) is 14.6. The van der Waals surface area contributed by atoms with E-state index in [0.29, 0.717) is 0 Å². The van der Waals surface area contributed by atoms with Crippen molar-refractivity contribution in [2.24, 2.45) is 0 Å². The van der Waals surface area contributed by atoms with E-state index in [2.05, 4.69) is 43.0 Å². The Kier molecular flexibility index (Phi) is 2.71. The summed E-state index contributed by atoms with van der Waals surface area (Å²) >= 11 is 0. The fraction of sp³-hybridized carbons (Fsp3) is 0.353. The molecule has 0 spiro atoms. The molecule has 0 N–H and O–H groups in total. The average Bonchev–Trinajstić information content (AvgIpc) is 2.77. The van der Waals surface area contributed by atoms with Crippen molar-refractivity contribution < 1.29 is 0 Å². The number of hydrogen-bond acceptors (Lipinski definition) is 2. The van der Waals surface area contributed by atoms with Crippen LogP contribution in [0.1, 0.15) is 32.3 Å². The minimum atomic E-state index is 0.205. The number of hydrogen-bond donors (Lipinski definition) is 0. The molecule has 1 heterocycles. The minimum Gasteiger partial charge on any atom is -0.366 e. The fourth-order valence-electron chi connectivity index (χ4n) is 3.17. The van der Waals surface area contributed by atoms with Gasteiger partial charge in [-0.1, -0.05) is 24.3 Å². The molecule has 3 rings (SSSR count). The second kappa shape index (κ2) is 4.28. The van der Waals surface area contributed by atoms with Crippen molar-refractivity contribution in [1.82, 2.24) is 0 Å². The highest BCUT2D eigenvalue weighted by Gasteiger charge is 2.32. The molecule has 2 nitrogen and oxygen atoms in total. The molecule has 1 aliphatic heterocycles. The predicted molar refractivity (Wildman–Crippen MR) is 79.3 cm³/mol. The first-order chi connectivity index (χ1) is 9.13. The molecule has 0 radical (unpaired) electrons. The minimum absolute atomic E-state index is 0.205. The van der Waals surface area contributed by atoms with Crippen LogP contribution < -0.4 is 4.90 Å². The third-order valence-electron chi connectivity index (χ3n) is 4.21. The van der Waals surface area contributed by atoms with Crippen molar-refractivity contribution in [2.45, 2.75) is 32.2 Å². The summed E-state index contributed by atoms with van der Waals surface area (Å²) in [7, 11) is 0. The van der Waals surface area contributed by atoms with E-state index in [9.17, 15) is 5.26 Å². The van der Waals surface area contributed by atoms with Gasteiger partial charge in [0.1, 0.15) is 0 Å². The lowest BCUT2D eigenvalue weighted by molar-refractivity contribution is 0.519. The Morgan fingerprint density at radius 1 is 1.11 bits per heavy atom. The first-order valence-electron chi connectivity index (χ1n) is 6.83. The summed E-state index contributed by atoms with van der Waals surface area (Å²) in [6.07, 6.45) is 2.46. The lowest BCUT2D eigenvalue weighted by Gasteiger charge is -2.34. The maximum absolute atomic E-state index is 9.23. The number of anilines is 1. The Morgan fingerprint density at radius 3 is 2.47 bits per heavy atom. The van der Waals surface area contributed by atoms with Gasteiger partial charge in [-0.05, 0) is 38.8 Å². The number of benzene rings is 2. The molecule has 1 fully saturated rings. The van der Waals surface area contributed by atoms with E-state index in [0.717, 1.165) is 17.5 Å². The quantitative estimate of drug-likeness (QED) is 0.762. The van der Waals surface area contributed by atoms with Crippen LogP contribution in [-0.4, -0.2) is 12.1 Å². The van der Waals surface area contributed by atoms with E-state index in [1.54, 1.807) is 0 Å². The van der Waals surface area contributed by atoms with Crippen LogP contribution in [0.5, 0.6) is 0 Å². The van der Waals surface area contributed by atoms with Crippen LogP contribution in [0.25, 0.3) is 10.8 Å². The normalized spacial score (nSPS) is 17.6. The van der Waals surface area contributed by atoms with E-state index < -0.39 is 0 Å². The monoisotopic (exact) mass is 250 g/mol. The molecule has 0 atom stereocenters. The molecule has 0 bridgehead atoms. The Morgan fingerprint density at radius 2 is 1.84 bits per heavy atom. The molecule has 0 aliphatic carbocycles. The van der Waals surface area contributed by atoms with Crippen LogP contribution in [0, 0.1) is 11.3 Å². The van der Waals surface area contributed by atoms with Crippen LogP contribution in [0.2, 0.25) is 0 Å². The fourth-order valence-corrected chi connectivity index (χ4v) is 3.17. The van der Waals surface area contributed by atoms with Gasteiger partial charge in [0.25, 0.3) is 0 Å². The molecular formula is C17H18N2. The van der Waals surface area contributed by atoms with Gasteiger partial charge in [-0.2, -0.15) is 5.26 Å². The van der Waals surface area contributed by atoms with Gasteiger partial charge in [-0.3, -0.25) is 0 Å². The van der Waals surface area contributed by atoms with Crippen molar-refractivity contribution in [3.63, 3.8) is 0 Å². The summed E-state index contributed by atoms with van der Waals surface area (Å²) in [4.78, 5) is 2.48. The van der Waals surface area contributed by atoms with Crippen LogP contribution in [0.3, 0.4) is 0 Å². The van der Waals surface area contributed by atoms with Crippen LogP contribution in [-0.2, 0) is 0 Å². The zero-order chi connectivity index (χ0) is 13.5. The summed E-state index contributed by atoms with van der Waals surface area (Å²) in [5.74, 6) is 0. The molecule has 19 heavy (non-hydrogen) atoms. The van der Waals surface area contributed by atoms with Crippen molar-refractivity contribution in [2.75, 3.05) is 11.4 Å². The first kappa shape index (κ1) is 12.0. The van der Waals surface area contributed by atoms with Gasteiger partial charge in [0, 0.05) is 28.5 Å². The molecule has 2 aromatic rings. The summed E-state index contributed by atoms with van der Waals surface area (Å²) in [6.45, 7) is 5.70. The second-order valence-electron chi connectivity index (χ2n) is 5.86. The molecule has 0 aromatic heterocycles. The van der Waals surface area contributed by atoms with E-state index in [1.165, 1.54) is 23.9 Å². The number of nitriles is 1. The highest BCUT2D eigenvalue weighted by molar-refractivity contribution is 5.98.